The van der Waals surface area contributed by atoms with Gasteiger partial charge in [-0.05, 0) is 30.5 Å². The summed E-state index contributed by atoms with van der Waals surface area (Å²) in [6.07, 6.45) is 4.04. The number of carboxylic acid groups (broad SMARTS) is 1. The van der Waals surface area contributed by atoms with Gasteiger partial charge in [0.25, 0.3) is 0 Å². The third kappa shape index (κ3) is 4.20. The number of carboxylic acids is 1. The fraction of sp³-hybridized carbons (Fsp3) is 0.526. The maximum absolute atomic E-state index is 13.1. The van der Waals surface area contributed by atoms with Gasteiger partial charge in [0, 0.05) is 19.0 Å². The summed E-state index contributed by atoms with van der Waals surface area (Å²) in [5, 5.41) is 11.9. The molecule has 2 fully saturated rings. The summed E-state index contributed by atoms with van der Waals surface area (Å²) in [5.74, 6) is -2.29. The van der Waals surface area contributed by atoms with E-state index < -0.39 is 23.7 Å². The summed E-state index contributed by atoms with van der Waals surface area (Å²) in [7, 11) is 0. The van der Waals surface area contributed by atoms with Crippen molar-refractivity contribution in [3.8, 4) is 0 Å². The molecule has 1 aliphatic carbocycles. The molecule has 1 saturated heterocycles. The van der Waals surface area contributed by atoms with Crippen LogP contribution in [0.2, 0.25) is 0 Å². The van der Waals surface area contributed by atoms with Crippen molar-refractivity contribution in [2.24, 2.45) is 5.92 Å². The predicted molar refractivity (Wildman–Crippen MR) is 91.6 cm³/mol. The lowest BCUT2D eigenvalue weighted by atomic mass is 10.0. The molecule has 3 rings (SSSR count). The number of likely N-dealkylation sites (tertiary alicyclic amines) is 1. The van der Waals surface area contributed by atoms with Gasteiger partial charge in [-0.15, -0.1) is 0 Å². The number of halogens is 1. The summed E-state index contributed by atoms with van der Waals surface area (Å²) in [4.78, 5) is 37.8. The zero-order valence-corrected chi connectivity index (χ0v) is 14.5. The Morgan fingerprint density at radius 1 is 1.23 bits per heavy atom. The van der Waals surface area contributed by atoms with Gasteiger partial charge in [0.05, 0.1) is 18.4 Å². The zero-order valence-electron chi connectivity index (χ0n) is 14.5. The van der Waals surface area contributed by atoms with E-state index in [0.29, 0.717) is 12.1 Å². The highest BCUT2D eigenvalue weighted by molar-refractivity contribution is 5.89. The Balaban J connectivity index is 1.66. The average Bonchev–Trinajstić information content (AvgIpc) is 3.23. The Labute approximate surface area is 151 Å². The van der Waals surface area contributed by atoms with Crippen molar-refractivity contribution in [1.82, 2.24) is 10.2 Å². The molecule has 2 amide bonds. The molecular weight excluding hydrogens is 339 g/mol. The summed E-state index contributed by atoms with van der Waals surface area (Å²) in [5.41, 5.74) is 0.527. The lowest BCUT2D eigenvalue weighted by molar-refractivity contribution is -0.138. The van der Waals surface area contributed by atoms with Crippen molar-refractivity contribution in [3.05, 3.63) is 35.6 Å². The summed E-state index contributed by atoms with van der Waals surface area (Å²) in [6.45, 7) is 0.387. The molecule has 1 aromatic rings. The summed E-state index contributed by atoms with van der Waals surface area (Å²) < 4.78 is 13.1. The van der Waals surface area contributed by atoms with E-state index in [1.54, 1.807) is 4.90 Å². The third-order valence-corrected chi connectivity index (χ3v) is 5.26. The molecule has 2 atom stereocenters. The lowest BCUT2D eigenvalue weighted by Gasteiger charge is -2.24. The van der Waals surface area contributed by atoms with Crippen molar-refractivity contribution >= 4 is 17.8 Å². The highest BCUT2D eigenvalue weighted by Gasteiger charge is 2.39. The highest BCUT2D eigenvalue weighted by Crippen LogP contribution is 2.30. The molecule has 6 nitrogen and oxygen atoms in total. The molecule has 1 aliphatic heterocycles. The van der Waals surface area contributed by atoms with Crippen LogP contribution in [0.15, 0.2) is 24.3 Å². The van der Waals surface area contributed by atoms with E-state index in [0.717, 1.165) is 25.7 Å². The maximum Gasteiger partial charge on any atom is 0.305 e. The van der Waals surface area contributed by atoms with Crippen molar-refractivity contribution < 1.29 is 23.9 Å². The molecule has 1 aromatic carbocycles. The van der Waals surface area contributed by atoms with Crippen LogP contribution in [0, 0.1) is 11.7 Å². The van der Waals surface area contributed by atoms with Crippen LogP contribution >= 0.6 is 0 Å². The van der Waals surface area contributed by atoms with E-state index in [4.69, 9.17) is 5.11 Å². The molecule has 26 heavy (non-hydrogen) atoms. The Morgan fingerprint density at radius 2 is 1.88 bits per heavy atom. The van der Waals surface area contributed by atoms with Crippen molar-refractivity contribution in [3.63, 3.8) is 0 Å². The molecule has 0 spiro atoms. The van der Waals surface area contributed by atoms with E-state index in [1.165, 1.54) is 24.3 Å². The molecule has 1 heterocycles. The number of hydrogen-bond acceptors (Lipinski definition) is 3. The molecule has 0 radical (unpaired) electrons. The second kappa shape index (κ2) is 7.85. The SMILES string of the molecule is O=C(O)C[C@@H](NC(=O)[C@@H]1CC(=O)N(C2CCCC2)C1)c1ccc(F)cc1. The van der Waals surface area contributed by atoms with Gasteiger partial charge in [-0.25, -0.2) is 4.39 Å². The van der Waals surface area contributed by atoms with Gasteiger partial charge in [0.2, 0.25) is 11.8 Å². The minimum atomic E-state index is -1.06. The quantitative estimate of drug-likeness (QED) is 0.813. The Hall–Kier alpha value is -2.44. The van der Waals surface area contributed by atoms with E-state index in [1.807, 2.05) is 0 Å². The third-order valence-electron chi connectivity index (χ3n) is 5.26. The molecular formula is C19H23FN2O4. The first-order valence-corrected chi connectivity index (χ1v) is 9.01. The molecule has 0 bridgehead atoms. The number of nitrogens with one attached hydrogen (secondary N) is 1. The van der Waals surface area contributed by atoms with Crippen LogP contribution in [0.4, 0.5) is 4.39 Å². The smallest absolute Gasteiger partial charge is 0.305 e. The minimum Gasteiger partial charge on any atom is -0.481 e. The van der Waals surface area contributed by atoms with Gasteiger partial charge < -0.3 is 15.3 Å². The van der Waals surface area contributed by atoms with Gasteiger partial charge >= 0.3 is 5.97 Å². The van der Waals surface area contributed by atoms with Gasteiger partial charge in [0.15, 0.2) is 0 Å². The largest absolute Gasteiger partial charge is 0.481 e. The van der Waals surface area contributed by atoms with Crippen LogP contribution in [-0.4, -0.2) is 40.4 Å². The lowest BCUT2D eigenvalue weighted by Crippen LogP contribution is -2.38. The van der Waals surface area contributed by atoms with Crippen LogP contribution < -0.4 is 5.32 Å². The number of carbonyl (C=O) groups excluding carboxylic acids is 2. The second-order valence-corrected chi connectivity index (χ2v) is 7.10. The second-order valence-electron chi connectivity index (χ2n) is 7.10. The number of rotatable bonds is 6. The Bertz CT molecular complexity index is 685. The molecule has 2 N–H and O–H groups in total. The first kappa shape index (κ1) is 18.4. The fourth-order valence-corrected chi connectivity index (χ4v) is 3.89. The van der Waals surface area contributed by atoms with Crippen LogP contribution in [0.5, 0.6) is 0 Å². The first-order valence-electron chi connectivity index (χ1n) is 9.01. The van der Waals surface area contributed by atoms with Crippen molar-refractivity contribution in [1.29, 1.82) is 0 Å². The van der Waals surface area contributed by atoms with Gasteiger partial charge in [0.1, 0.15) is 5.82 Å². The molecule has 2 aliphatic rings. The molecule has 7 heteroatoms. The molecule has 1 saturated carbocycles. The average molecular weight is 362 g/mol. The maximum atomic E-state index is 13.1. The fourth-order valence-electron chi connectivity index (χ4n) is 3.89. The van der Waals surface area contributed by atoms with E-state index >= 15 is 0 Å². The number of nitrogens with zero attached hydrogens (tertiary/aromatic N) is 1. The van der Waals surface area contributed by atoms with E-state index in [-0.39, 0.29) is 30.7 Å². The standard InChI is InChI=1S/C19H23FN2O4/c20-14-7-5-12(6-8-14)16(10-18(24)25)21-19(26)13-9-17(23)22(11-13)15-3-1-2-4-15/h5-8,13,15-16H,1-4,9-11H2,(H,21,26)(H,24,25)/t13-,16-/m1/s1. The number of aliphatic carboxylic acids is 1. The first-order chi connectivity index (χ1) is 12.4. The Kier molecular flexibility index (Phi) is 5.54. The van der Waals surface area contributed by atoms with Gasteiger partial charge in [-0.2, -0.15) is 0 Å². The van der Waals surface area contributed by atoms with E-state index in [2.05, 4.69) is 5.32 Å². The highest BCUT2D eigenvalue weighted by atomic mass is 19.1. The molecule has 0 unspecified atom stereocenters. The predicted octanol–water partition coefficient (Wildman–Crippen LogP) is 2.25. The number of benzene rings is 1. The van der Waals surface area contributed by atoms with Crippen molar-refractivity contribution in [2.75, 3.05) is 6.54 Å². The summed E-state index contributed by atoms with van der Waals surface area (Å²) >= 11 is 0. The van der Waals surface area contributed by atoms with Gasteiger partial charge in [-0.3, -0.25) is 14.4 Å². The number of hydrogen-bond donors (Lipinski definition) is 2. The summed E-state index contributed by atoms with van der Waals surface area (Å²) in [6, 6.07) is 4.87. The zero-order chi connectivity index (χ0) is 18.7. The topological polar surface area (TPSA) is 86.7 Å². The van der Waals surface area contributed by atoms with Crippen LogP contribution in [0.25, 0.3) is 0 Å². The monoisotopic (exact) mass is 362 g/mol. The normalized spacial score (nSPS) is 21.8. The van der Waals surface area contributed by atoms with Crippen molar-refractivity contribution in [2.45, 2.75) is 50.6 Å². The number of amides is 2. The van der Waals surface area contributed by atoms with E-state index in [9.17, 15) is 18.8 Å². The van der Waals surface area contributed by atoms with Crippen LogP contribution in [0.1, 0.15) is 50.1 Å². The van der Waals surface area contributed by atoms with Crippen LogP contribution in [-0.2, 0) is 14.4 Å². The minimum absolute atomic E-state index is 0.00591. The van der Waals surface area contributed by atoms with Crippen LogP contribution in [0.3, 0.4) is 0 Å². The molecule has 140 valence electrons. The molecule has 0 aromatic heterocycles. The van der Waals surface area contributed by atoms with Gasteiger partial charge in [-0.1, -0.05) is 25.0 Å². The Morgan fingerprint density at radius 3 is 2.50 bits per heavy atom. The number of carbonyl (C=O) groups is 3.